The maximum Gasteiger partial charge on any atom is 0.257 e. The van der Waals surface area contributed by atoms with E-state index in [1.165, 1.54) is 47.7 Å². The topological polar surface area (TPSA) is 135 Å². The second-order valence-corrected chi connectivity index (χ2v) is 10.2. The van der Waals surface area contributed by atoms with Gasteiger partial charge in [0, 0.05) is 23.3 Å². The Hall–Kier alpha value is -2.99. The summed E-state index contributed by atoms with van der Waals surface area (Å²) in [5.41, 5.74) is 0.667. The number of carbonyl (C=O) groups is 1. The first-order valence-electron chi connectivity index (χ1n) is 9.90. The molecule has 0 radical (unpaired) electrons. The molecule has 9 nitrogen and oxygen atoms in total. The van der Waals surface area contributed by atoms with Gasteiger partial charge in [0.15, 0.2) is 15.0 Å². The van der Waals surface area contributed by atoms with Crippen LogP contribution in [0.5, 0.6) is 17.2 Å². The number of anilines is 1. The minimum atomic E-state index is -3.34. The second kappa shape index (κ2) is 10.3. The van der Waals surface area contributed by atoms with Crippen molar-refractivity contribution >= 4 is 32.2 Å². The van der Waals surface area contributed by atoms with Crippen LogP contribution in [-0.2, 0) is 9.84 Å². The largest absolute Gasteiger partial charge is 0.488 e. The number of amides is 1. The molecule has 3 aromatic rings. The lowest BCUT2D eigenvalue weighted by Crippen LogP contribution is -2.17. The van der Waals surface area contributed by atoms with E-state index in [4.69, 9.17) is 9.47 Å². The van der Waals surface area contributed by atoms with E-state index >= 15 is 0 Å². The fraction of sp³-hybridized carbons (Fsp3) is 0.273. The van der Waals surface area contributed by atoms with Crippen LogP contribution in [0.15, 0.2) is 52.7 Å². The highest BCUT2D eigenvalue weighted by atomic mass is 32.2. The third kappa shape index (κ3) is 6.75. The number of benzene rings is 2. The molecule has 0 aliphatic rings. The number of rotatable bonds is 9. The predicted octanol–water partition coefficient (Wildman–Crippen LogP) is 3.40. The Balaban J connectivity index is 1.87. The lowest BCUT2D eigenvalue weighted by Gasteiger charge is -2.15. The molecule has 0 aliphatic carbocycles. The summed E-state index contributed by atoms with van der Waals surface area (Å²) in [6.07, 6.45) is -0.154. The molecule has 1 aromatic heterocycles. The normalized spacial score (nSPS) is 13.2. The zero-order valence-corrected chi connectivity index (χ0v) is 19.8. The Kier molecular flexibility index (Phi) is 7.69. The van der Waals surface area contributed by atoms with Crippen LogP contribution in [0.4, 0.5) is 5.13 Å². The summed E-state index contributed by atoms with van der Waals surface area (Å²) in [5.74, 6) is 0.470. The van der Waals surface area contributed by atoms with Gasteiger partial charge < -0.3 is 19.7 Å². The van der Waals surface area contributed by atoms with E-state index in [1.807, 2.05) is 0 Å². The maximum absolute atomic E-state index is 12.8. The van der Waals surface area contributed by atoms with Crippen LogP contribution in [0.25, 0.3) is 0 Å². The molecular weight excluding hydrogens is 468 g/mol. The molecule has 1 heterocycles. The van der Waals surface area contributed by atoms with Gasteiger partial charge in [-0.3, -0.25) is 10.1 Å². The van der Waals surface area contributed by atoms with Gasteiger partial charge in [0.05, 0.1) is 23.3 Å². The van der Waals surface area contributed by atoms with Crippen molar-refractivity contribution < 1.29 is 32.9 Å². The van der Waals surface area contributed by atoms with Crippen molar-refractivity contribution in [1.82, 2.24) is 4.98 Å². The minimum Gasteiger partial charge on any atom is -0.488 e. The highest BCUT2D eigenvalue weighted by molar-refractivity contribution is 7.90. The number of thiazole rings is 1. The average molecular weight is 493 g/mol. The lowest BCUT2D eigenvalue weighted by atomic mass is 10.2. The summed E-state index contributed by atoms with van der Waals surface area (Å²) in [6.45, 7) is 3.03. The molecule has 33 heavy (non-hydrogen) atoms. The summed E-state index contributed by atoms with van der Waals surface area (Å²) < 4.78 is 34.8. The molecule has 2 aromatic carbocycles. The molecule has 0 saturated heterocycles. The molecule has 0 saturated carbocycles. The molecule has 3 rings (SSSR count). The Labute approximate surface area is 195 Å². The summed E-state index contributed by atoms with van der Waals surface area (Å²) in [5, 5.41) is 23.6. The standard InChI is InChI=1S/C22H24N2O7S2/c1-13(11-25)30-17-8-15(21(27)24-22-23-20(12-32-22)14(2)26)9-18(10-17)31-16-4-6-19(7-5-16)33(3,28)29/h4-10,12-14,25-26H,11H2,1-3H3,(H,23,24,27)/t13?,14-/m1/s1. The number of aliphatic hydroxyl groups excluding tert-OH is 2. The van der Waals surface area contributed by atoms with Gasteiger partial charge in [-0.2, -0.15) is 0 Å². The van der Waals surface area contributed by atoms with Gasteiger partial charge >= 0.3 is 0 Å². The van der Waals surface area contributed by atoms with Gasteiger partial charge in [0.1, 0.15) is 23.4 Å². The van der Waals surface area contributed by atoms with Gasteiger partial charge in [-0.05, 0) is 50.2 Å². The molecular formula is C22H24N2O7S2. The second-order valence-electron chi connectivity index (χ2n) is 7.36. The Bertz CT molecular complexity index is 1220. The van der Waals surface area contributed by atoms with Gasteiger partial charge in [0.2, 0.25) is 0 Å². The van der Waals surface area contributed by atoms with E-state index in [0.29, 0.717) is 22.3 Å². The number of carbonyl (C=O) groups excluding carboxylic acids is 1. The number of aromatic nitrogens is 1. The van der Waals surface area contributed by atoms with E-state index in [0.717, 1.165) is 6.26 Å². The van der Waals surface area contributed by atoms with Crippen LogP contribution in [0.3, 0.4) is 0 Å². The van der Waals surface area contributed by atoms with Crippen LogP contribution in [-0.4, -0.2) is 48.5 Å². The van der Waals surface area contributed by atoms with Crippen LogP contribution in [0.1, 0.15) is 36.0 Å². The molecule has 3 N–H and O–H groups in total. The van der Waals surface area contributed by atoms with Crippen LogP contribution >= 0.6 is 11.3 Å². The van der Waals surface area contributed by atoms with Gasteiger partial charge in [0.25, 0.3) is 5.91 Å². The van der Waals surface area contributed by atoms with Crippen LogP contribution in [0.2, 0.25) is 0 Å². The Morgan fingerprint density at radius 1 is 1.12 bits per heavy atom. The summed E-state index contributed by atoms with van der Waals surface area (Å²) in [6, 6.07) is 10.4. The summed E-state index contributed by atoms with van der Waals surface area (Å²) >= 11 is 1.18. The van der Waals surface area contributed by atoms with Crippen LogP contribution < -0.4 is 14.8 Å². The van der Waals surface area contributed by atoms with E-state index in [1.54, 1.807) is 25.3 Å². The van der Waals surface area contributed by atoms with Crippen molar-refractivity contribution in [2.45, 2.75) is 31.0 Å². The first kappa shape index (κ1) is 24.6. The van der Waals surface area contributed by atoms with E-state index in [-0.39, 0.29) is 22.8 Å². The van der Waals surface area contributed by atoms with Gasteiger partial charge in [-0.1, -0.05) is 0 Å². The predicted molar refractivity (Wildman–Crippen MR) is 124 cm³/mol. The molecule has 1 amide bonds. The average Bonchev–Trinajstić information content (AvgIpc) is 3.22. The molecule has 0 fully saturated rings. The smallest absolute Gasteiger partial charge is 0.257 e. The monoisotopic (exact) mass is 492 g/mol. The number of aliphatic hydroxyl groups is 2. The van der Waals surface area contributed by atoms with Crippen LogP contribution in [0, 0.1) is 0 Å². The third-order valence-corrected chi connectivity index (χ3v) is 6.30. The fourth-order valence-electron chi connectivity index (χ4n) is 2.70. The molecule has 176 valence electrons. The van der Waals surface area contributed by atoms with Gasteiger partial charge in [-0.25, -0.2) is 13.4 Å². The van der Waals surface area contributed by atoms with E-state index in [9.17, 15) is 23.4 Å². The zero-order valence-electron chi connectivity index (χ0n) is 18.2. The highest BCUT2D eigenvalue weighted by Crippen LogP contribution is 2.30. The molecule has 0 aliphatic heterocycles. The highest BCUT2D eigenvalue weighted by Gasteiger charge is 2.16. The number of nitrogens with zero attached hydrogens (tertiary/aromatic N) is 1. The molecule has 2 atom stereocenters. The Morgan fingerprint density at radius 3 is 2.36 bits per heavy atom. The van der Waals surface area contributed by atoms with Crippen molar-refractivity contribution in [3.8, 4) is 17.2 Å². The van der Waals surface area contributed by atoms with Crippen molar-refractivity contribution in [2.75, 3.05) is 18.2 Å². The minimum absolute atomic E-state index is 0.156. The third-order valence-electron chi connectivity index (χ3n) is 4.39. The number of hydrogen-bond donors (Lipinski definition) is 3. The number of hydrogen-bond acceptors (Lipinski definition) is 9. The zero-order chi connectivity index (χ0) is 24.2. The summed E-state index contributed by atoms with van der Waals surface area (Å²) in [4.78, 5) is 17.2. The van der Waals surface area contributed by atoms with Crippen molar-refractivity contribution in [3.05, 3.63) is 59.1 Å². The van der Waals surface area contributed by atoms with Crippen molar-refractivity contribution in [2.24, 2.45) is 0 Å². The maximum atomic E-state index is 12.8. The first-order chi connectivity index (χ1) is 15.5. The fourth-order valence-corrected chi connectivity index (χ4v) is 4.12. The SMILES string of the molecule is CC(CO)Oc1cc(Oc2ccc(S(C)(=O)=O)cc2)cc(C(=O)Nc2nc([C@@H](C)O)cs2)c1. The van der Waals surface area contributed by atoms with E-state index < -0.39 is 28.0 Å². The van der Waals surface area contributed by atoms with Crippen molar-refractivity contribution in [3.63, 3.8) is 0 Å². The molecule has 0 bridgehead atoms. The quantitative estimate of drug-likeness (QED) is 0.414. The molecule has 11 heteroatoms. The lowest BCUT2D eigenvalue weighted by molar-refractivity contribution is 0.102. The number of ether oxygens (including phenoxy) is 2. The number of nitrogens with one attached hydrogen (secondary N) is 1. The Morgan fingerprint density at radius 2 is 1.79 bits per heavy atom. The first-order valence-corrected chi connectivity index (χ1v) is 12.7. The van der Waals surface area contributed by atoms with E-state index in [2.05, 4.69) is 10.3 Å². The molecule has 1 unspecified atom stereocenters. The molecule has 0 spiro atoms. The van der Waals surface area contributed by atoms with Crippen molar-refractivity contribution in [1.29, 1.82) is 0 Å². The summed E-state index contributed by atoms with van der Waals surface area (Å²) in [7, 11) is -3.34. The van der Waals surface area contributed by atoms with Gasteiger partial charge in [-0.15, -0.1) is 11.3 Å². The number of sulfone groups is 1.